The minimum Gasteiger partial charge on any atom is -0.380 e. The van der Waals surface area contributed by atoms with E-state index in [0.717, 1.165) is 19.8 Å². The predicted octanol–water partition coefficient (Wildman–Crippen LogP) is 1.34. The Hall–Kier alpha value is -0.120. The highest BCUT2D eigenvalue weighted by Crippen LogP contribution is 1.98. The van der Waals surface area contributed by atoms with Gasteiger partial charge in [0.15, 0.2) is 0 Å². The molecule has 0 aliphatic carbocycles. The highest BCUT2D eigenvalue weighted by atomic mass is 16.5. The van der Waals surface area contributed by atoms with Crippen molar-refractivity contribution >= 4 is 0 Å². The molecule has 0 saturated carbocycles. The fourth-order valence-corrected chi connectivity index (χ4v) is 1.83. The van der Waals surface area contributed by atoms with Gasteiger partial charge in [-0.2, -0.15) is 0 Å². The van der Waals surface area contributed by atoms with Gasteiger partial charge >= 0.3 is 0 Å². The summed E-state index contributed by atoms with van der Waals surface area (Å²) in [5, 5.41) is 3.43. The van der Waals surface area contributed by atoms with Crippen LogP contribution in [0.5, 0.6) is 0 Å². The molecule has 0 aromatic rings. The normalized spacial score (nSPS) is 20.2. The first-order valence-corrected chi connectivity index (χ1v) is 6.30. The summed E-state index contributed by atoms with van der Waals surface area (Å²) in [5.41, 5.74) is 0. The van der Waals surface area contributed by atoms with Crippen LogP contribution in [0.3, 0.4) is 0 Å². The van der Waals surface area contributed by atoms with E-state index in [0.29, 0.717) is 5.92 Å². The lowest BCUT2D eigenvalue weighted by Crippen LogP contribution is -2.36. The first kappa shape index (κ1) is 12.9. The Bertz CT molecular complexity index is 143. The molecule has 3 nitrogen and oxygen atoms in total. The molecule has 1 aliphatic heterocycles. The fourth-order valence-electron chi connectivity index (χ4n) is 1.83. The third-order valence-electron chi connectivity index (χ3n) is 2.66. The van der Waals surface area contributed by atoms with E-state index in [2.05, 4.69) is 24.1 Å². The van der Waals surface area contributed by atoms with E-state index in [1.807, 2.05) is 0 Å². The smallest absolute Gasteiger partial charge is 0.0593 e. The quantitative estimate of drug-likeness (QED) is 0.699. The van der Waals surface area contributed by atoms with Crippen molar-refractivity contribution in [3.05, 3.63) is 0 Å². The molecule has 1 heterocycles. The van der Waals surface area contributed by atoms with Crippen LogP contribution in [0.1, 0.15) is 26.7 Å². The second kappa shape index (κ2) is 8.08. The first-order valence-electron chi connectivity index (χ1n) is 6.30. The molecule has 0 spiro atoms. The van der Waals surface area contributed by atoms with Gasteiger partial charge in [0.1, 0.15) is 0 Å². The number of hydrogen-bond donors (Lipinski definition) is 1. The van der Waals surface area contributed by atoms with Crippen LogP contribution in [-0.2, 0) is 4.74 Å². The number of rotatable bonds is 5. The maximum atomic E-state index is 5.61. The summed E-state index contributed by atoms with van der Waals surface area (Å²) in [7, 11) is 0. The highest BCUT2D eigenvalue weighted by Gasteiger charge is 2.06. The molecule has 3 heteroatoms. The third kappa shape index (κ3) is 6.88. The van der Waals surface area contributed by atoms with Gasteiger partial charge in [-0.25, -0.2) is 0 Å². The standard InChI is InChI=1S/C12H26N2O/c1-12(2)11-15-10-9-14-7-3-5-13-6-4-8-14/h12-13H,3-11H2,1-2H3. The summed E-state index contributed by atoms with van der Waals surface area (Å²) < 4.78 is 5.61. The molecule has 0 atom stereocenters. The predicted molar refractivity (Wildman–Crippen MR) is 64.2 cm³/mol. The van der Waals surface area contributed by atoms with E-state index in [1.165, 1.54) is 39.0 Å². The van der Waals surface area contributed by atoms with E-state index in [-0.39, 0.29) is 0 Å². The minimum absolute atomic E-state index is 0.654. The molecule has 90 valence electrons. The van der Waals surface area contributed by atoms with Gasteiger partial charge in [0.25, 0.3) is 0 Å². The van der Waals surface area contributed by atoms with E-state index >= 15 is 0 Å². The third-order valence-corrected chi connectivity index (χ3v) is 2.66. The van der Waals surface area contributed by atoms with Crippen LogP contribution in [0.25, 0.3) is 0 Å². The summed E-state index contributed by atoms with van der Waals surface area (Å²) in [6.45, 7) is 12.1. The van der Waals surface area contributed by atoms with Crippen LogP contribution >= 0.6 is 0 Å². The molecule has 0 aromatic carbocycles. The summed E-state index contributed by atoms with van der Waals surface area (Å²) in [4.78, 5) is 2.53. The van der Waals surface area contributed by atoms with Crippen LogP contribution in [0, 0.1) is 5.92 Å². The molecule has 1 fully saturated rings. The van der Waals surface area contributed by atoms with Gasteiger partial charge in [-0.1, -0.05) is 13.8 Å². The van der Waals surface area contributed by atoms with Crippen molar-refractivity contribution in [3.63, 3.8) is 0 Å². The van der Waals surface area contributed by atoms with E-state index in [4.69, 9.17) is 4.74 Å². The molecule has 0 aromatic heterocycles. The average molecular weight is 214 g/mol. The van der Waals surface area contributed by atoms with Gasteiger partial charge in [0, 0.05) is 13.2 Å². The number of ether oxygens (including phenoxy) is 1. The lowest BCUT2D eigenvalue weighted by Gasteiger charge is -2.24. The topological polar surface area (TPSA) is 24.5 Å². The zero-order valence-electron chi connectivity index (χ0n) is 10.3. The van der Waals surface area contributed by atoms with Crippen molar-refractivity contribution in [3.8, 4) is 0 Å². The molecule has 15 heavy (non-hydrogen) atoms. The fraction of sp³-hybridized carbons (Fsp3) is 1.00. The SMILES string of the molecule is CC(C)COCCN1CCCNCCC1. The summed E-state index contributed by atoms with van der Waals surface area (Å²) in [5.74, 6) is 0.654. The van der Waals surface area contributed by atoms with E-state index < -0.39 is 0 Å². The van der Waals surface area contributed by atoms with Gasteiger partial charge in [0.05, 0.1) is 6.61 Å². The summed E-state index contributed by atoms with van der Waals surface area (Å²) in [6.07, 6.45) is 2.54. The minimum atomic E-state index is 0.654. The Morgan fingerprint density at radius 3 is 2.47 bits per heavy atom. The number of hydrogen-bond acceptors (Lipinski definition) is 3. The first-order chi connectivity index (χ1) is 7.29. The highest BCUT2D eigenvalue weighted by molar-refractivity contribution is 4.63. The second-order valence-corrected chi connectivity index (χ2v) is 4.77. The zero-order valence-corrected chi connectivity index (χ0v) is 10.3. The van der Waals surface area contributed by atoms with Gasteiger partial charge in [-0.05, 0) is 44.9 Å². The molecule has 0 bridgehead atoms. The Balaban J connectivity index is 2.02. The van der Waals surface area contributed by atoms with Crippen molar-refractivity contribution in [2.24, 2.45) is 5.92 Å². The molecule has 0 unspecified atom stereocenters. The van der Waals surface area contributed by atoms with E-state index in [9.17, 15) is 0 Å². The maximum Gasteiger partial charge on any atom is 0.0593 e. The summed E-state index contributed by atoms with van der Waals surface area (Å²) >= 11 is 0. The van der Waals surface area contributed by atoms with Crippen LogP contribution in [-0.4, -0.2) is 50.8 Å². The second-order valence-electron chi connectivity index (χ2n) is 4.77. The lowest BCUT2D eigenvalue weighted by molar-refractivity contribution is 0.0836. The molecule has 1 rings (SSSR count). The van der Waals surface area contributed by atoms with Crippen molar-refractivity contribution in [1.29, 1.82) is 0 Å². The van der Waals surface area contributed by atoms with Gasteiger partial charge < -0.3 is 15.0 Å². The molecule has 1 N–H and O–H groups in total. The Labute approximate surface area is 94.2 Å². The van der Waals surface area contributed by atoms with Crippen LogP contribution in [0.4, 0.5) is 0 Å². The van der Waals surface area contributed by atoms with Crippen molar-refractivity contribution < 1.29 is 4.74 Å². The van der Waals surface area contributed by atoms with Crippen molar-refractivity contribution in [2.45, 2.75) is 26.7 Å². The van der Waals surface area contributed by atoms with E-state index in [1.54, 1.807) is 0 Å². The van der Waals surface area contributed by atoms with Gasteiger partial charge in [-0.3, -0.25) is 0 Å². The van der Waals surface area contributed by atoms with Gasteiger partial charge in [0.2, 0.25) is 0 Å². The maximum absolute atomic E-state index is 5.61. The Kier molecular flexibility index (Phi) is 6.98. The number of nitrogens with zero attached hydrogens (tertiary/aromatic N) is 1. The largest absolute Gasteiger partial charge is 0.380 e. The Morgan fingerprint density at radius 1 is 1.20 bits per heavy atom. The number of nitrogens with one attached hydrogen (secondary N) is 1. The van der Waals surface area contributed by atoms with Crippen LogP contribution in [0.2, 0.25) is 0 Å². The molecule has 1 saturated heterocycles. The van der Waals surface area contributed by atoms with Crippen LogP contribution in [0.15, 0.2) is 0 Å². The van der Waals surface area contributed by atoms with Crippen molar-refractivity contribution in [1.82, 2.24) is 10.2 Å². The average Bonchev–Trinajstić information content (AvgIpc) is 2.14. The summed E-state index contributed by atoms with van der Waals surface area (Å²) in [6, 6.07) is 0. The molecule has 0 radical (unpaired) electrons. The molecule has 0 amide bonds. The molecule has 1 aliphatic rings. The van der Waals surface area contributed by atoms with Crippen LogP contribution < -0.4 is 5.32 Å². The van der Waals surface area contributed by atoms with Crippen molar-refractivity contribution in [2.75, 3.05) is 45.9 Å². The Morgan fingerprint density at radius 2 is 1.87 bits per heavy atom. The lowest BCUT2D eigenvalue weighted by atomic mass is 10.2. The van der Waals surface area contributed by atoms with Gasteiger partial charge in [-0.15, -0.1) is 0 Å². The zero-order chi connectivity index (χ0) is 10.9. The monoisotopic (exact) mass is 214 g/mol. The molecular formula is C12H26N2O. The molecular weight excluding hydrogens is 188 g/mol.